The van der Waals surface area contributed by atoms with Crippen molar-refractivity contribution in [2.45, 2.75) is 6.54 Å². The highest BCUT2D eigenvalue weighted by atomic mass is 35.5. The quantitative estimate of drug-likeness (QED) is 0.941. The van der Waals surface area contributed by atoms with Gasteiger partial charge < -0.3 is 14.4 Å². The number of carbonyl (C=O) groups is 2. The summed E-state index contributed by atoms with van der Waals surface area (Å²) in [5.41, 5.74) is 1.34. The summed E-state index contributed by atoms with van der Waals surface area (Å²) >= 11 is 5.76. The Balaban J connectivity index is 2.08. The molecule has 0 aliphatic rings. The van der Waals surface area contributed by atoms with Crippen molar-refractivity contribution in [2.24, 2.45) is 0 Å². The molecule has 6 heteroatoms. The molecule has 5 nitrogen and oxygen atoms in total. The van der Waals surface area contributed by atoms with E-state index in [0.717, 1.165) is 5.56 Å². The second kappa shape index (κ2) is 5.79. The van der Waals surface area contributed by atoms with E-state index in [0.29, 0.717) is 12.1 Å². The van der Waals surface area contributed by atoms with Crippen LogP contribution in [0.2, 0.25) is 5.22 Å². The van der Waals surface area contributed by atoms with Crippen molar-refractivity contribution in [3.63, 3.8) is 0 Å². The Morgan fingerprint density at radius 3 is 2.40 bits per heavy atom. The largest absolute Gasteiger partial charge is 0.478 e. The number of hydrogen-bond donors (Lipinski definition) is 1. The SMILES string of the molecule is CN(Cc1ccc(C(=O)O)cc1)C(=O)c1ccoc1Cl. The molecule has 20 heavy (non-hydrogen) atoms. The molecule has 2 rings (SSSR count). The molecule has 0 fully saturated rings. The van der Waals surface area contributed by atoms with Crippen LogP contribution in [0, 0.1) is 0 Å². The fourth-order valence-corrected chi connectivity index (χ4v) is 1.95. The summed E-state index contributed by atoms with van der Waals surface area (Å²) in [7, 11) is 1.64. The van der Waals surface area contributed by atoms with Crippen molar-refractivity contribution in [3.05, 3.63) is 58.5 Å². The maximum Gasteiger partial charge on any atom is 0.335 e. The van der Waals surface area contributed by atoms with E-state index in [1.807, 2.05) is 0 Å². The smallest absolute Gasteiger partial charge is 0.335 e. The number of carbonyl (C=O) groups excluding carboxylic acids is 1. The van der Waals surface area contributed by atoms with E-state index in [1.165, 1.54) is 29.4 Å². The van der Waals surface area contributed by atoms with E-state index in [9.17, 15) is 9.59 Å². The highest BCUT2D eigenvalue weighted by Gasteiger charge is 2.17. The predicted molar refractivity (Wildman–Crippen MR) is 72.9 cm³/mol. The number of carboxylic acid groups (broad SMARTS) is 1. The first kappa shape index (κ1) is 14.1. The minimum absolute atomic E-state index is 0.0584. The van der Waals surface area contributed by atoms with E-state index in [1.54, 1.807) is 19.2 Å². The lowest BCUT2D eigenvalue weighted by atomic mass is 10.1. The van der Waals surface area contributed by atoms with Gasteiger partial charge in [0, 0.05) is 13.6 Å². The van der Waals surface area contributed by atoms with Gasteiger partial charge in [-0.1, -0.05) is 12.1 Å². The van der Waals surface area contributed by atoms with Gasteiger partial charge in [-0.05, 0) is 35.4 Å². The molecule has 0 atom stereocenters. The molecule has 0 bridgehead atoms. The first-order chi connectivity index (χ1) is 9.49. The lowest BCUT2D eigenvalue weighted by molar-refractivity contribution is 0.0695. The third-order valence-corrected chi connectivity index (χ3v) is 3.11. The van der Waals surface area contributed by atoms with E-state index >= 15 is 0 Å². The number of nitrogens with zero attached hydrogens (tertiary/aromatic N) is 1. The van der Waals surface area contributed by atoms with Gasteiger partial charge in [0.25, 0.3) is 5.91 Å². The molecule has 0 spiro atoms. The molecule has 1 aromatic heterocycles. The minimum Gasteiger partial charge on any atom is -0.478 e. The number of furan rings is 1. The van der Waals surface area contributed by atoms with Gasteiger partial charge in [0.2, 0.25) is 5.22 Å². The molecule has 1 heterocycles. The van der Waals surface area contributed by atoms with Crippen molar-refractivity contribution < 1.29 is 19.1 Å². The molecule has 2 aromatic rings. The van der Waals surface area contributed by atoms with Crippen LogP contribution in [0.5, 0.6) is 0 Å². The van der Waals surface area contributed by atoms with Crippen LogP contribution in [0.4, 0.5) is 0 Å². The maximum atomic E-state index is 12.1. The van der Waals surface area contributed by atoms with Gasteiger partial charge >= 0.3 is 5.97 Å². The van der Waals surface area contributed by atoms with Crippen molar-refractivity contribution in [3.8, 4) is 0 Å². The summed E-state index contributed by atoms with van der Waals surface area (Å²) in [5.74, 6) is -1.24. The maximum absolute atomic E-state index is 12.1. The summed E-state index contributed by atoms with van der Waals surface area (Å²) in [6, 6.07) is 7.85. The van der Waals surface area contributed by atoms with Crippen LogP contribution in [0.1, 0.15) is 26.3 Å². The van der Waals surface area contributed by atoms with Crippen LogP contribution >= 0.6 is 11.6 Å². The first-order valence-electron chi connectivity index (χ1n) is 5.79. The van der Waals surface area contributed by atoms with Crippen molar-refractivity contribution in [2.75, 3.05) is 7.05 Å². The Kier molecular flexibility index (Phi) is 4.10. The summed E-state index contributed by atoms with van der Waals surface area (Å²) in [4.78, 5) is 24.3. The van der Waals surface area contributed by atoms with Crippen molar-refractivity contribution >= 4 is 23.5 Å². The van der Waals surface area contributed by atoms with Gasteiger partial charge in [0.1, 0.15) is 0 Å². The monoisotopic (exact) mass is 293 g/mol. The van der Waals surface area contributed by atoms with E-state index in [2.05, 4.69) is 0 Å². The lowest BCUT2D eigenvalue weighted by Crippen LogP contribution is -2.26. The lowest BCUT2D eigenvalue weighted by Gasteiger charge is -2.16. The highest BCUT2D eigenvalue weighted by molar-refractivity contribution is 6.32. The number of benzene rings is 1. The van der Waals surface area contributed by atoms with Gasteiger partial charge in [0.15, 0.2) is 0 Å². The first-order valence-corrected chi connectivity index (χ1v) is 6.17. The second-order valence-corrected chi connectivity index (χ2v) is 4.61. The zero-order chi connectivity index (χ0) is 14.7. The van der Waals surface area contributed by atoms with Crippen LogP contribution in [0.25, 0.3) is 0 Å². The topological polar surface area (TPSA) is 70.8 Å². The molecular formula is C14H12ClNO4. The zero-order valence-electron chi connectivity index (χ0n) is 10.7. The van der Waals surface area contributed by atoms with Gasteiger partial charge in [-0.2, -0.15) is 0 Å². The number of halogens is 1. The third-order valence-electron chi connectivity index (χ3n) is 2.82. The average Bonchev–Trinajstić information content (AvgIpc) is 2.84. The van der Waals surface area contributed by atoms with E-state index in [4.69, 9.17) is 21.1 Å². The molecule has 1 aromatic carbocycles. The fraction of sp³-hybridized carbons (Fsp3) is 0.143. The summed E-state index contributed by atoms with van der Waals surface area (Å²) in [6.07, 6.45) is 1.35. The Morgan fingerprint density at radius 2 is 1.90 bits per heavy atom. The van der Waals surface area contributed by atoms with Crippen LogP contribution < -0.4 is 0 Å². The molecule has 0 saturated carbocycles. The van der Waals surface area contributed by atoms with Gasteiger partial charge in [-0.3, -0.25) is 4.79 Å². The van der Waals surface area contributed by atoms with Gasteiger partial charge in [-0.15, -0.1) is 0 Å². The summed E-state index contributed by atoms with van der Waals surface area (Å²) in [6.45, 7) is 0.347. The van der Waals surface area contributed by atoms with Crippen molar-refractivity contribution in [1.82, 2.24) is 4.90 Å². The van der Waals surface area contributed by atoms with E-state index < -0.39 is 5.97 Å². The second-order valence-electron chi connectivity index (χ2n) is 4.27. The Labute approximate surface area is 120 Å². The van der Waals surface area contributed by atoms with Crippen molar-refractivity contribution in [1.29, 1.82) is 0 Å². The Bertz CT molecular complexity index is 633. The molecule has 0 aliphatic heterocycles. The molecule has 0 radical (unpaired) electrons. The van der Waals surface area contributed by atoms with Crippen LogP contribution in [0.15, 0.2) is 41.0 Å². The van der Waals surface area contributed by atoms with Crippen LogP contribution in [-0.4, -0.2) is 28.9 Å². The van der Waals surface area contributed by atoms with E-state index in [-0.39, 0.29) is 16.7 Å². The fourth-order valence-electron chi connectivity index (χ4n) is 1.75. The summed E-state index contributed by atoms with van der Waals surface area (Å²) in [5, 5.41) is 8.87. The third kappa shape index (κ3) is 3.00. The van der Waals surface area contributed by atoms with Gasteiger partial charge in [-0.25, -0.2) is 4.79 Å². The molecule has 1 N–H and O–H groups in total. The predicted octanol–water partition coefficient (Wildman–Crippen LogP) is 2.90. The number of amides is 1. The van der Waals surface area contributed by atoms with Crippen LogP contribution in [0.3, 0.4) is 0 Å². The summed E-state index contributed by atoms with van der Waals surface area (Å²) < 4.78 is 4.88. The standard InChI is InChI=1S/C14H12ClNO4/c1-16(13(17)11-6-7-20-12(11)15)8-9-2-4-10(5-3-9)14(18)19/h2-7H,8H2,1H3,(H,18,19). The van der Waals surface area contributed by atoms with Gasteiger partial charge in [0.05, 0.1) is 17.4 Å². The average molecular weight is 294 g/mol. The number of hydrogen-bond acceptors (Lipinski definition) is 3. The molecule has 0 aliphatic carbocycles. The van der Waals surface area contributed by atoms with Crippen LogP contribution in [-0.2, 0) is 6.54 Å². The molecule has 0 saturated heterocycles. The number of carboxylic acids is 1. The molecule has 0 unspecified atom stereocenters. The number of rotatable bonds is 4. The Morgan fingerprint density at radius 1 is 1.25 bits per heavy atom. The molecule has 1 amide bonds. The Hall–Kier alpha value is -2.27. The molecule has 104 valence electrons. The zero-order valence-corrected chi connectivity index (χ0v) is 11.4. The normalized spacial score (nSPS) is 10.3. The molecular weight excluding hydrogens is 282 g/mol. The number of aromatic carboxylic acids is 1. The minimum atomic E-state index is -0.980. The highest BCUT2D eigenvalue weighted by Crippen LogP contribution is 2.19.